The minimum Gasteiger partial charge on any atom is -0.497 e. The van der Waals surface area contributed by atoms with Crippen LogP contribution in [0, 0.1) is 0 Å². The van der Waals surface area contributed by atoms with Crippen molar-refractivity contribution in [2.45, 2.75) is 12.3 Å². The SMILES string of the molecule is COc1ccc(C(=O)C(F)(F)ON=C(N)c2cc(Cl)ncc2Oc2cccc(C(F)(F)F)c2)cc1. The van der Waals surface area contributed by atoms with E-state index < -0.39 is 29.5 Å². The molecule has 1 aromatic heterocycles. The zero-order chi connectivity index (χ0) is 25.8. The smallest absolute Gasteiger partial charge is 0.485 e. The van der Waals surface area contributed by atoms with Crippen molar-refractivity contribution in [2.75, 3.05) is 7.11 Å². The van der Waals surface area contributed by atoms with Gasteiger partial charge < -0.3 is 20.0 Å². The number of halogens is 6. The fourth-order valence-corrected chi connectivity index (χ4v) is 2.83. The third kappa shape index (κ3) is 6.35. The number of ketones is 1. The topological polar surface area (TPSA) is 96.0 Å². The summed E-state index contributed by atoms with van der Waals surface area (Å²) >= 11 is 5.81. The van der Waals surface area contributed by atoms with E-state index in [-0.39, 0.29) is 27.8 Å². The highest BCUT2D eigenvalue weighted by atomic mass is 35.5. The Morgan fingerprint density at radius 2 is 1.71 bits per heavy atom. The minimum atomic E-state index is -4.63. The van der Waals surface area contributed by atoms with E-state index in [2.05, 4.69) is 15.0 Å². The van der Waals surface area contributed by atoms with Crippen molar-refractivity contribution in [3.8, 4) is 17.2 Å². The summed E-state index contributed by atoms with van der Waals surface area (Å²) in [7, 11) is 1.36. The van der Waals surface area contributed by atoms with Gasteiger partial charge in [-0.3, -0.25) is 4.79 Å². The quantitative estimate of drug-likeness (QED) is 0.104. The van der Waals surface area contributed by atoms with E-state index in [4.69, 9.17) is 26.8 Å². The lowest BCUT2D eigenvalue weighted by atomic mass is 10.1. The Balaban J connectivity index is 1.84. The fourth-order valence-electron chi connectivity index (χ4n) is 2.67. The lowest BCUT2D eigenvalue weighted by Gasteiger charge is -2.15. The van der Waals surface area contributed by atoms with Gasteiger partial charge >= 0.3 is 12.3 Å². The molecule has 0 unspecified atom stereocenters. The van der Waals surface area contributed by atoms with Crippen molar-refractivity contribution in [3.05, 3.63) is 82.6 Å². The Morgan fingerprint density at radius 1 is 1.03 bits per heavy atom. The number of alkyl halides is 5. The van der Waals surface area contributed by atoms with Gasteiger partial charge in [-0.2, -0.15) is 22.0 Å². The van der Waals surface area contributed by atoms with Crippen LogP contribution in [0.4, 0.5) is 22.0 Å². The molecule has 0 amide bonds. The van der Waals surface area contributed by atoms with Crippen molar-refractivity contribution in [1.82, 2.24) is 4.98 Å². The van der Waals surface area contributed by atoms with Gasteiger partial charge in [0.2, 0.25) is 0 Å². The molecule has 0 atom stereocenters. The molecule has 0 aliphatic carbocycles. The first-order valence-electron chi connectivity index (χ1n) is 9.50. The summed E-state index contributed by atoms with van der Waals surface area (Å²) in [5.41, 5.74) is 4.12. The van der Waals surface area contributed by atoms with Gasteiger partial charge in [0.15, 0.2) is 11.6 Å². The molecule has 13 heteroatoms. The second-order valence-corrected chi connectivity index (χ2v) is 7.16. The Labute approximate surface area is 199 Å². The van der Waals surface area contributed by atoms with E-state index in [1.165, 1.54) is 25.3 Å². The second-order valence-electron chi connectivity index (χ2n) is 6.77. The summed E-state index contributed by atoms with van der Waals surface area (Å²) in [6.07, 6.45) is -8.03. The molecule has 7 nitrogen and oxygen atoms in total. The number of nitrogens with zero attached hydrogens (tertiary/aromatic N) is 2. The number of nitrogens with two attached hydrogens (primary N) is 1. The molecular formula is C22H15ClF5N3O4. The van der Waals surface area contributed by atoms with Gasteiger partial charge in [0.05, 0.1) is 24.4 Å². The van der Waals surface area contributed by atoms with Crippen molar-refractivity contribution in [1.29, 1.82) is 0 Å². The van der Waals surface area contributed by atoms with Crippen LogP contribution in [0.15, 0.2) is 65.9 Å². The van der Waals surface area contributed by atoms with Crippen LogP contribution >= 0.6 is 11.6 Å². The van der Waals surface area contributed by atoms with Gasteiger partial charge in [0.1, 0.15) is 16.7 Å². The van der Waals surface area contributed by atoms with Gasteiger partial charge in [0, 0.05) is 5.56 Å². The molecule has 0 aliphatic heterocycles. The van der Waals surface area contributed by atoms with Crippen LogP contribution in [-0.4, -0.2) is 29.8 Å². The highest BCUT2D eigenvalue weighted by Gasteiger charge is 2.43. The van der Waals surface area contributed by atoms with Crippen molar-refractivity contribution >= 4 is 23.2 Å². The van der Waals surface area contributed by atoms with Crippen LogP contribution in [0.1, 0.15) is 21.5 Å². The van der Waals surface area contributed by atoms with Crippen molar-refractivity contribution < 1.29 is 41.1 Å². The van der Waals surface area contributed by atoms with Crippen LogP contribution < -0.4 is 15.2 Å². The number of oxime groups is 1. The predicted octanol–water partition coefficient (Wildman–Crippen LogP) is 5.67. The highest BCUT2D eigenvalue weighted by Crippen LogP contribution is 2.34. The average molecular weight is 516 g/mol. The standard InChI is InChI=1S/C22H15ClF5N3O4/c1-33-14-7-5-12(6-8-14)19(32)22(27,28)35-31-20(29)16-10-18(23)30-11-17(16)34-15-4-2-3-13(9-15)21(24,25)26/h2-11H,1H3,(H2,29,31). The van der Waals surface area contributed by atoms with Gasteiger partial charge in [-0.1, -0.05) is 22.8 Å². The van der Waals surface area contributed by atoms with E-state index in [1.807, 2.05) is 0 Å². The molecule has 1 heterocycles. The highest BCUT2D eigenvalue weighted by molar-refractivity contribution is 6.29. The molecule has 0 bridgehead atoms. The summed E-state index contributed by atoms with van der Waals surface area (Å²) in [6.45, 7) is 0. The maximum Gasteiger partial charge on any atom is 0.485 e. The summed E-state index contributed by atoms with van der Waals surface area (Å²) in [6, 6.07) is 9.75. The van der Waals surface area contributed by atoms with E-state index >= 15 is 0 Å². The molecule has 184 valence electrons. The Kier molecular flexibility index (Phi) is 7.44. The number of aromatic nitrogens is 1. The molecule has 0 spiro atoms. The summed E-state index contributed by atoms with van der Waals surface area (Å²) in [5.74, 6) is -2.58. The molecule has 2 aromatic carbocycles. The monoisotopic (exact) mass is 515 g/mol. The summed E-state index contributed by atoms with van der Waals surface area (Å²) in [4.78, 5) is 20.0. The average Bonchev–Trinajstić information content (AvgIpc) is 2.83. The number of methoxy groups -OCH3 is 1. The Hall–Kier alpha value is -3.93. The minimum absolute atomic E-state index is 0.157. The van der Waals surface area contributed by atoms with Crippen LogP contribution in [0.3, 0.4) is 0 Å². The second kappa shape index (κ2) is 10.1. The first-order valence-corrected chi connectivity index (χ1v) is 9.88. The third-order valence-corrected chi connectivity index (χ3v) is 4.58. The number of rotatable bonds is 8. The van der Waals surface area contributed by atoms with E-state index in [1.54, 1.807) is 0 Å². The Morgan fingerprint density at radius 3 is 2.34 bits per heavy atom. The zero-order valence-corrected chi connectivity index (χ0v) is 18.4. The third-order valence-electron chi connectivity index (χ3n) is 4.37. The Bertz CT molecular complexity index is 1250. The lowest BCUT2D eigenvalue weighted by Crippen LogP contribution is -2.31. The first kappa shape index (κ1) is 25.7. The largest absolute Gasteiger partial charge is 0.497 e. The zero-order valence-electron chi connectivity index (χ0n) is 17.6. The molecule has 0 saturated carbocycles. The molecule has 0 radical (unpaired) electrons. The molecule has 3 aromatic rings. The fraction of sp³-hybridized carbons (Fsp3) is 0.136. The van der Waals surface area contributed by atoms with Crippen molar-refractivity contribution in [3.63, 3.8) is 0 Å². The normalized spacial score (nSPS) is 12.3. The number of hydrogen-bond donors (Lipinski definition) is 1. The number of pyridine rings is 1. The summed E-state index contributed by atoms with van der Waals surface area (Å²) in [5, 5.41) is 2.94. The number of amidine groups is 1. The first-order chi connectivity index (χ1) is 16.4. The van der Waals surface area contributed by atoms with E-state index in [9.17, 15) is 26.7 Å². The van der Waals surface area contributed by atoms with Gasteiger partial charge in [-0.25, -0.2) is 4.98 Å². The number of hydrogen-bond acceptors (Lipinski definition) is 6. The molecule has 2 N–H and O–H groups in total. The summed E-state index contributed by atoms with van der Waals surface area (Å²) < 4.78 is 77.8. The van der Waals surface area contributed by atoms with Crippen LogP contribution in [0.25, 0.3) is 0 Å². The van der Waals surface area contributed by atoms with Crippen LogP contribution in [0.5, 0.6) is 17.2 Å². The van der Waals surface area contributed by atoms with E-state index in [0.29, 0.717) is 11.8 Å². The van der Waals surface area contributed by atoms with Gasteiger partial charge in [-0.15, -0.1) is 0 Å². The molecule has 0 saturated heterocycles. The number of carbonyl (C=O) groups is 1. The molecule has 0 aliphatic rings. The number of ether oxygens (including phenoxy) is 2. The van der Waals surface area contributed by atoms with E-state index in [0.717, 1.165) is 36.5 Å². The molecular weight excluding hydrogens is 501 g/mol. The molecule has 0 fully saturated rings. The number of carbonyl (C=O) groups excluding carboxylic acids is 1. The maximum absolute atomic E-state index is 14.3. The van der Waals surface area contributed by atoms with Crippen LogP contribution in [0.2, 0.25) is 5.15 Å². The van der Waals surface area contributed by atoms with Gasteiger partial charge in [0.25, 0.3) is 5.78 Å². The maximum atomic E-state index is 14.3. The number of Topliss-reactive ketones (excluding diaryl/α,β-unsaturated/α-hetero) is 1. The molecule has 35 heavy (non-hydrogen) atoms. The van der Waals surface area contributed by atoms with Crippen molar-refractivity contribution in [2.24, 2.45) is 10.9 Å². The predicted molar refractivity (Wildman–Crippen MR) is 115 cm³/mol. The van der Waals surface area contributed by atoms with Gasteiger partial charge in [-0.05, 0) is 48.5 Å². The molecule has 3 rings (SSSR count). The lowest BCUT2D eigenvalue weighted by molar-refractivity contribution is -0.197. The number of benzene rings is 2. The van der Waals surface area contributed by atoms with Crippen LogP contribution in [-0.2, 0) is 11.0 Å².